The summed E-state index contributed by atoms with van der Waals surface area (Å²) >= 11 is 3.41. The lowest BCUT2D eigenvalue weighted by molar-refractivity contribution is 0.628. The molecular weight excluding hydrogens is 269 g/mol. The van der Waals surface area contributed by atoms with E-state index >= 15 is 0 Å². The molecule has 0 radical (unpaired) electrons. The number of anilines is 2. The first-order chi connectivity index (χ1) is 7.78. The lowest BCUT2D eigenvalue weighted by Crippen LogP contribution is -1.91. The third-order valence-corrected chi connectivity index (χ3v) is 2.86. The molecule has 0 spiro atoms. The van der Waals surface area contributed by atoms with Crippen molar-refractivity contribution in [3.8, 4) is 0 Å². The molecule has 0 fully saturated rings. The van der Waals surface area contributed by atoms with Gasteiger partial charge >= 0.3 is 0 Å². The lowest BCUT2D eigenvalue weighted by atomic mass is 10.2. The zero-order valence-corrected chi connectivity index (χ0v) is 10.2. The number of nitrogens with one attached hydrogen (secondary N) is 1. The van der Waals surface area contributed by atoms with Crippen LogP contribution in [-0.2, 0) is 5.33 Å². The van der Waals surface area contributed by atoms with E-state index in [0.717, 1.165) is 16.7 Å². The van der Waals surface area contributed by atoms with Gasteiger partial charge in [-0.05, 0) is 42.0 Å². The predicted octanol–water partition coefficient (Wildman–Crippen LogP) is 4.46. The van der Waals surface area contributed by atoms with Gasteiger partial charge in [-0.2, -0.15) is 0 Å². The van der Waals surface area contributed by atoms with Crippen LogP contribution in [0, 0.1) is 5.82 Å². The van der Waals surface area contributed by atoms with Crippen LogP contribution in [0.2, 0.25) is 0 Å². The molecule has 0 aromatic heterocycles. The molecule has 0 saturated heterocycles. The Morgan fingerprint density at radius 2 is 1.75 bits per heavy atom. The zero-order valence-electron chi connectivity index (χ0n) is 8.58. The number of hydrogen-bond acceptors (Lipinski definition) is 1. The monoisotopic (exact) mass is 279 g/mol. The smallest absolute Gasteiger partial charge is 0.123 e. The minimum atomic E-state index is -0.222. The molecule has 3 heteroatoms. The molecule has 0 aliphatic carbocycles. The molecule has 0 saturated carbocycles. The molecule has 2 aromatic carbocycles. The van der Waals surface area contributed by atoms with Gasteiger partial charge in [0.2, 0.25) is 0 Å². The molecule has 16 heavy (non-hydrogen) atoms. The van der Waals surface area contributed by atoms with Gasteiger partial charge in [-0.3, -0.25) is 0 Å². The Kier molecular flexibility index (Phi) is 3.57. The third-order valence-electron chi connectivity index (χ3n) is 2.21. The van der Waals surface area contributed by atoms with Crippen molar-refractivity contribution in [1.82, 2.24) is 0 Å². The highest BCUT2D eigenvalue weighted by Gasteiger charge is 1.96. The van der Waals surface area contributed by atoms with Crippen LogP contribution in [0.25, 0.3) is 0 Å². The standard InChI is InChI=1S/C13H11BrFN/c14-9-10-2-1-3-13(8-10)16-12-6-4-11(15)5-7-12/h1-8,16H,9H2. The average Bonchev–Trinajstić information content (AvgIpc) is 2.32. The Bertz CT molecular complexity index is 468. The van der Waals surface area contributed by atoms with E-state index < -0.39 is 0 Å². The summed E-state index contributed by atoms with van der Waals surface area (Å²) in [7, 11) is 0. The molecule has 1 nitrogen and oxygen atoms in total. The van der Waals surface area contributed by atoms with E-state index in [4.69, 9.17) is 0 Å². The van der Waals surface area contributed by atoms with E-state index in [9.17, 15) is 4.39 Å². The SMILES string of the molecule is Fc1ccc(Nc2cccc(CBr)c2)cc1. The van der Waals surface area contributed by atoms with Gasteiger partial charge in [-0.1, -0.05) is 28.1 Å². The van der Waals surface area contributed by atoms with Crippen LogP contribution < -0.4 is 5.32 Å². The summed E-state index contributed by atoms with van der Waals surface area (Å²) in [6.07, 6.45) is 0. The van der Waals surface area contributed by atoms with E-state index in [0.29, 0.717) is 0 Å². The summed E-state index contributed by atoms with van der Waals surface area (Å²) in [6, 6.07) is 14.4. The summed E-state index contributed by atoms with van der Waals surface area (Å²) in [6.45, 7) is 0. The van der Waals surface area contributed by atoms with Crippen LogP contribution in [-0.4, -0.2) is 0 Å². The van der Waals surface area contributed by atoms with Crippen molar-refractivity contribution in [2.24, 2.45) is 0 Å². The first-order valence-electron chi connectivity index (χ1n) is 4.95. The fourth-order valence-corrected chi connectivity index (χ4v) is 1.78. The highest BCUT2D eigenvalue weighted by Crippen LogP contribution is 2.18. The fraction of sp³-hybridized carbons (Fsp3) is 0.0769. The maximum atomic E-state index is 12.7. The molecule has 0 atom stereocenters. The van der Waals surface area contributed by atoms with Crippen molar-refractivity contribution in [3.05, 3.63) is 59.9 Å². The molecule has 1 N–H and O–H groups in total. The van der Waals surface area contributed by atoms with Gasteiger partial charge in [-0.15, -0.1) is 0 Å². The minimum Gasteiger partial charge on any atom is -0.356 e. The fourth-order valence-electron chi connectivity index (χ4n) is 1.43. The van der Waals surface area contributed by atoms with Crippen molar-refractivity contribution in [3.63, 3.8) is 0 Å². The Labute approximate surface area is 102 Å². The largest absolute Gasteiger partial charge is 0.356 e. The molecule has 82 valence electrons. The van der Waals surface area contributed by atoms with Crippen LogP contribution in [0.1, 0.15) is 5.56 Å². The lowest BCUT2D eigenvalue weighted by Gasteiger charge is -2.07. The summed E-state index contributed by atoms with van der Waals surface area (Å²) in [5.41, 5.74) is 3.09. The van der Waals surface area contributed by atoms with Crippen molar-refractivity contribution in [2.75, 3.05) is 5.32 Å². The quantitative estimate of drug-likeness (QED) is 0.818. The number of rotatable bonds is 3. The van der Waals surface area contributed by atoms with Gasteiger partial charge in [0.25, 0.3) is 0 Å². The highest BCUT2D eigenvalue weighted by atomic mass is 79.9. The summed E-state index contributed by atoms with van der Waals surface area (Å²) in [5, 5.41) is 4.04. The van der Waals surface area contributed by atoms with Crippen LogP contribution in [0.4, 0.5) is 15.8 Å². The number of alkyl halides is 1. The van der Waals surface area contributed by atoms with Gasteiger partial charge in [0.1, 0.15) is 5.82 Å². The van der Waals surface area contributed by atoms with E-state index in [2.05, 4.69) is 27.3 Å². The maximum Gasteiger partial charge on any atom is 0.123 e. The van der Waals surface area contributed by atoms with Crippen LogP contribution >= 0.6 is 15.9 Å². The molecule has 2 rings (SSSR count). The minimum absolute atomic E-state index is 0.222. The zero-order chi connectivity index (χ0) is 11.4. The van der Waals surface area contributed by atoms with Gasteiger partial charge in [0.05, 0.1) is 0 Å². The van der Waals surface area contributed by atoms with Crippen LogP contribution in [0.3, 0.4) is 0 Å². The predicted molar refractivity (Wildman–Crippen MR) is 68.8 cm³/mol. The first-order valence-corrected chi connectivity index (χ1v) is 6.07. The molecular formula is C13H11BrFN. The molecule has 0 aliphatic rings. The second-order valence-corrected chi connectivity index (χ2v) is 4.03. The van der Waals surface area contributed by atoms with Crippen molar-refractivity contribution in [2.45, 2.75) is 5.33 Å². The highest BCUT2D eigenvalue weighted by molar-refractivity contribution is 9.08. The van der Waals surface area contributed by atoms with Crippen molar-refractivity contribution >= 4 is 27.3 Å². The van der Waals surface area contributed by atoms with Crippen LogP contribution in [0.15, 0.2) is 48.5 Å². The Morgan fingerprint density at radius 1 is 1.00 bits per heavy atom. The normalized spacial score (nSPS) is 10.1. The Hall–Kier alpha value is -1.35. The molecule has 0 bridgehead atoms. The Balaban J connectivity index is 2.16. The third kappa shape index (κ3) is 2.83. The summed E-state index contributed by atoms with van der Waals surface area (Å²) < 4.78 is 12.7. The van der Waals surface area contributed by atoms with E-state index in [1.54, 1.807) is 12.1 Å². The summed E-state index contributed by atoms with van der Waals surface area (Å²) in [4.78, 5) is 0. The average molecular weight is 280 g/mol. The first kappa shape index (κ1) is 11.1. The second-order valence-electron chi connectivity index (χ2n) is 3.47. The molecule has 0 amide bonds. The molecule has 0 aliphatic heterocycles. The number of benzene rings is 2. The van der Waals surface area contributed by atoms with Gasteiger partial charge in [-0.25, -0.2) is 4.39 Å². The van der Waals surface area contributed by atoms with Gasteiger partial charge < -0.3 is 5.32 Å². The second kappa shape index (κ2) is 5.12. The number of hydrogen-bond donors (Lipinski definition) is 1. The van der Waals surface area contributed by atoms with Gasteiger partial charge in [0, 0.05) is 16.7 Å². The molecule has 2 aromatic rings. The van der Waals surface area contributed by atoms with Crippen molar-refractivity contribution < 1.29 is 4.39 Å². The number of halogens is 2. The Morgan fingerprint density at radius 3 is 2.44 bits per heavy atom. The topological polar surface area (TPSA) is 12.0 Å². The van der Waals surface area contributed by atoms with E-state index in [1.165, 1.54) is 17.7 Å². The maximum absolute atomic E-state index is 12.7. The van der Waals surface area contributed by atoms with Crippen molar-refractivity contribution in [1.29, 1.82) is 0 Å². The van der Waals surface area contributed by atoms with E-state index in [-0.39, 0.29) is 5.82 Å². The van der Waals surface area contributed by atoms with Crippen LogP contribution in [0.5, 0.6) is 0 Å². The van der Waals surface area contributed by atoms with E-state index in [1.807, 2.05) is 18.2 Å². The molecule has 0 unspecified atom stereocenters. The van der Waals surface area contributed by atoms with Gasteiger partial charge in [0.15, 0.2) is 0 Å². The molecule has 0 heterocycles. The summed E-state index contributed by atoms with van der Waals surface area (Å²) in [5.74, 6) is -0.222.